The molecule has 0 spiro atoms. The van der Waals surface area contributed by atoms with Crippen LogP contribution >= 0.6 is 0 Å². The average molecular weight is 631 g/mol. The van der Waals surface area contributed by atoms with E-state index in [1.165, 1.54) is 11.1 Å². The maximum atomic E-state index is 12.2. The van der Waals surface area contributed by atoms with Crippen LogP contribution in [0, 0.1) is 10.8 Å². The Morgan fingerprint density at radius 1 is 0.652 bits per heavy atom. The van der Waals surface area contributed by atoms with Gasteiger partial charge in [0.05, 0.1) is 24.0 Å². The van der Waals surface area contributed by atoms with Crippen molar-refractivity contribution in [2.24, 2.45) is 10.8 Å². The van der Waals surface area contributed by atoms with Crippen molar-refractivity contribution in [3.05, 3.63) is 84.2 Å². The van der Waals surface area contributed by atoms with E-state index in [0.29, 0.717) is 13.2 Å². The van der Waals surface area contributed by atoms with E-state index >= 15 is 0 Å². The first-order valence-electron chi connectivity index (χ1n) is 16.4. The first-order chi connectivity index (χ1) is 21.8. The van der Waals surface area contributed by atoms with Crippen LogP contribution in [-0.4, -0.2) is 62.3 Å². The van der Waals surface area contributed by atoms with Crippen molar-refractivity contribution in [2.45, 2.75) is 79.1 Å². The van der Waals surface area contributed by atoms with Gasteiger partial charge in [0.2, 0.25) is 0 Å². The molecule has 8 nitrogen and oxygen atoms in total. The van der Waals surface area contributed by atoms with Gasteiger partial charge in [-0.3, -0.25) is 9.59 Å². The molecule has 0 aliphatic heterocycles. The number of anilines is 2. The highest BCUT2D eigenvalue weighted by molar-refractivity contribution is 5.75. The van der Waals surface area contributed by atoms with Gasteiger partial charge in [0, 0.05) is 45.1 Å². The summed E-state index contributed by atoms with van der Waals surface area (Å²) in [5, 5.41) is 0. The molecule has 2 unspecified atom stereocenters. The third-order valence-electron chi connectivity index (χ3n) is 8.04. The van der Waals surface area contributed by atoms with Crippen molar-refractivity contribution >= 4 is 23.6 Å². The monoisotopic (exact) mass is 630 g/mol. The van der Waals surface area contributed by atoms with E-state index in [2.05, 4.69) is 82.4 Å². The van der Waals surface area contributed by atoms with E-state index < -0.39 is 10.8 Å². The number of likely N-dealkylation sites (N-methyl/N-ethyl adjacent to an activating group) is 2. The largest absolute Gasteiger partial charge is 0.465 e. The molecule has 3 aromatic rings. The molecule has 0 aliphatic rings. The quantitative estimate of drug-likeness (QED) is 0.118. The number of ether oxygens (including phenoxy) is 2. The fourth-order valence-corrected chi connectivity index (χ4v) is 5.20. The Bertz CT molecular complexity index is 1250. The van der Waals surface area contributed by atoms with Gasteiger partial charge in [0.25, 0.3) is 0 Å². The lowest BCUT2D eigenvalue weighted by molar-refractivity contribution is -0.153. The third-order valence-corrected chi connectivity index (χ3v) is 8.04. The minimum absolute atomic E-state index is 0.169. The second kappa shape index (κ2) is 17.1. The predicted octanol–water partition coefficient (Wildman–Crippen LogP) is 7.66. The normalized spacial score (nSPS) is 13.0. The molecule has 0 fully saturated rings. The highest BCUT2D eigenvalue weighted by atomic mass is 16.5. The van der Waals surface area contributed by atoms with Crippen LogP contribution in [0.4, 0.5) is 11.6 Å². The summed E-state index contributed by atoms with van der Waals surface area (Å²) in [6.45, 7) is 13.6. The van der Waals surface area contributed by atoms with Crippen LogP contribution in [0.25, 0.3) is 0 Å². The Labute approximate surface area is 276 Å². The SMILES string of the molecule is CN(CC(CCCOC(=O)C(C)(C)C)c1ccccc1)c1cc(N(C)CC(CCCOC(=O)C(C)(C)C)c2ccccc2)ncn1. The summed E-state index contributed by atoms with van der Waals surface area (Å²) < 4.78 is 11.1. The summed E-state index contributed by atoms with van der Waals surface area (Å²) in [4.78, 5) is 38.1. The standard InChI is InChI=1S/C38H54N4O4/c1-37(2,3)35(43)45-23-15-21-31(29-17-11-9-12-18-29)26-41(7)33-25-34(40-28-39-33)42(8)27-32(30-19-13-10-14-20-30)22-16-24-46-36(44)38(4,5)6/h9-14,17-20,25,28,31-32H,15-16,21-24,26-27H2,1-8H3. The Balaban J connectivity index is 1.66. The van der Waals surface area contributed by atoms with Crippen LogP contribution in [0.1, 0.15) is 90.2 Å². The molecule has 0 amide bonds. The number of nitrogens with zero attached hydrogens (tertiary/aromatic N) is 4. The van der Waals surface area contributed by atoms with Crippen LogP contribution in [0.5, 0.6) is 0 Å². The van der Waals surface area contributed by atoms with E-state index in [1.54, 1.807) is 6.33 Å². The zero-order chi connectivity index (χ0) is 33.7. The van der Waals surface area contributed by atoms with Crippen molar-refractivity contribution in [1.29, 1.82) is 0 Å². The Morgan fingerprint density at radius 3 is 1.37 bits per heavy atom. The van der Waals surface area contributed by atoms with E-state index in [0.717, 1.165) is 50.4 Å². The van der Waals surface area contributed by atoms with Gasteiger partial charge in [-0.05, 0) is 78.4 Å². The maximum Gasteiger partial charge on any atom is 0.311 e. The van der Waals surface area contributed by atoms with Gasteiger partial charge in [0.1, 0.15) is 18.0 Å². The second-order valence-corrected chi connectivity index (χ2v) is 14.3. The molecule has 0 saturated heterocycles. The van der Waals surface area contributed by atoms with Gasteiger partial charge < -0.3 is 19.3 Å². The van der Waals surface area contributed by atoms with Crippen molar-refractivity contribution in [3.63, 3.8) is 0 Å². The van der Waals surface area contributed by atoms with Crippen LogP contribution < -0.4 is 9.80 Å². The highest BCUT2D eigenvalue weighted by Crippen LogP contribution is 2.28. The fraction of sp³-hybridized carbons (Fsp3) is 0.526. The lowest BCUT2D eigenvalue weighted by Gasteiger charge is -2.28. The molecule has 1 aromatic heterocycles. The van der Waals surface area contributed by atoms with Crippen molar-refractivity contribution in [3.8, 4) is 0 Å². The molecular formula is C38H54N4O4. The van der Waals surface area contributed by atoms with Gasteiger partial charge >= 0.3 is 11.9 Å². The first-order valence-corrected chi connectivity index (χ1v) is 16.4. The molecular weight excluding hydrogens is 576 g/mol. The number of hydrogen-bond donors (Lipinski definition) is 0. The summed E-state index contributed by atoms with van der Waals surface area (Å²) in [5.41, 5.74) is 1.50. The molecule has 0 bridgehead atoms. The Morgan fingerprint density at radius 2 is 1.02 bits per heavy atom. The van der Waals surface area contributed by atoms with Crippen LogP contribution in [0.3, 0.4) is 0 Å². The van der Waals surface area contributed by atoms with Gasteiger partial charge in [-0.25, -0.2) is 9.97 Å². The summed E-state index contributed by atoms with van der Waals surface area (Å²) in [7, 11) is 4.13. The van der Waals surface area contributed by atoms with E-state index in [1.807, 2.05) is 59.7 Å². The Kier molecular flexibility index (Phi) is 13.6. The molecule has 250 valence electrons. The molecule has 0 N–H and O–H groups in total. The zero-order valence-corrected chi connectivity index (χ0v) is 29.2. The lowest BCUT2D eigenvalue weighted by Crippen LogP contribution is -2.28. The minimum atomic E-state index is -0.501. The number of hydrogen-bond acceptors (Lipinski definition) is 8. The topological polar surface area (TPSA) is 84.9 Å². The summed E-state index contributed by atoms with van der Waals surface area (Å²) >= 11 is 0. The number of esters is 2. The summed E-state index contributed by atoms with van der Waals surface area (Å²) in [5.74, 6) is 1.84. The predicted molar refractivity (Wildman–Crippen MR) is 186 cm³/mol. The van der Waals surface area contributed by atoms with Gasteiger partial charge in [-0.15, -0.1) is 0 Å². The van der Waals surface area contributed by atoms with Crippen LogP contribution in [0.15, 0.2) is 73.1 Å². The van der Waals surface area contributed by atoms with E-state index in [4.69, 9.17) is 9.47 Å². The fourth-order valence-electron chi connectivity index (χ4n) is 5.20. The van der Waals surface area contributed by atoms with E-state index in [9.17, 15) is 9.59 Å². The van der Waals surface area contributed by atoms with Gasteiger partial charge in [-0.1, -0.05) is 60.7 Å². The lowest BCUT2D eigenvalue weighted by atomic mass is 9.93. The molecule has 1 heterocycles. The average Bonchev–Trinajstić information content (AvgIpc) is 3.03. The number of aromatic nitrogens is 2. The molecule has 8 heteroatoms. The highest BCUT2D eigenvalue weighted by Gasteiger charge is 2.24. The molecule has 0 saturated carbocycles. The molecule has 2 atom stereocenters. The number of rotatable bonds is 16. The third kappa shape index (κ3) is 11.8. The van der Waals surface area contributed by atoms with Crippen LogP contribution in [-0.2, 0) is 19.1 Å². The Hall–Kier alpha value is -3.94. The molecule has 0 aliphatic carbocycles. The van der Waals surface area contributed by atoms with Gasteiger partial charge in [0.15, 0.2) is 0 Å². The zero-order valence-electron chi connectivity index (χ0n) is 29.2. The molecule has 46 heavy (non-hydrogen) atoms. The summed E-state index contributed by atoms with van der Waals surface area (Å²) in [6.07, 6.45) is 4.96. The number of carbonyl (C=O) groups is 2. The van der Waals surface area contributed by atoms with Crippen molar-refractivity contribution in [2.75, 3.05) is 50.2 Å². The van der Waals surface area contributed by atoms with Crippen LogP contribution in [0.2, 0.25) is 0 Å². The maximum absolute atomic E-state index is 12.2. The number of carbonyl (C=O) groups excluding carboxylic acids is 2. The minimum Gasteiger partial charge on any atom is -0.465 e. The van der Waals surface area contributed by atoms with Crippen molar-refractivity contribution in [1.82, 2.24) is 9.97 Å². The molecule has 0 radical (unpaired) electrons. The first kappa shape index (κ1) is 36.5. The van der Waals surface area contributed by atoms with Gasteiger partial charge in [-0.2, -0.15) is 0 Å². The smallest absolute Gasteiger partial charge is 0.311 e. The second-order valence-electron chi connectivity index (χ2n) is 14.3. The van der Waals surface area contributed by atoms with Crippen molar-refractivity contribution < 1.29 is 19.1 Å². The summed E-state index contributed by atoms with van der Waals surface area (Å²) in [6, 6.07) is 23.0. The molecule has 3 rings (SSSR count). The van der Waals surface area contributed by atoms with E-state index in [-0.39, 0.29) is 23.8 Å². The molecule has 2 aromatic carbocycles. The number of benzene rings is 2.